The molecule has 1 aliphatic heterocycles. The third-order valence-corrected chi connectivity index (χ3v) is 2.46. The van der Waals surface area contributed by atoms with Crippen molar-refractivity contribution in [3.63, 3.8) is 0 Å². The third kappa shape index (κ3) is 2.54. The molecule has 16 heavy (non-hydrogen) atoms. The van der Waals surface area contributed by atoms with Crippen molar-refractivity contribution < 1.29 is 0 Å². The molecular formula is C15H18B. The lowest BCUT2D eigenvalue weighted by molar-refractivity contribution is 1.50. The topological polar surface area (TPSA) is 0 Å². The van der Waals surface area contributed by atoms with E-state index in [1.54, 1.807) is 0 Å². The Morgan fingerprint density at radius 1 is 0.812 bits per heavy atom. The first-order valence-corrected chi connectivity index (χ1v) is 5.62. The minimum Gasteiger partial charge on any atom is -0.0996 e. The van der Waals surface area contributed by atoms with Gasteiger partial charge in [0.25, 0.3) is 0 Å². The molecule has 0 N–H and O–H groups in total. The minimum absolute atomic E-state index is 1.19. The quantitative estimate of drug-likeness (QED) is 0.610. The highest BCUT2D eigenvalue weighted by atomic mass is 14.1. The molecule has 1 heterocycles. The molecule has 0 amide bonds. The molecule has 0 aliphatic carbocycles. The van der Waals surface area contributed by atoms with Crippen molar-refractivity contribution in [2.24, 2.45) is 0 Å². The Morgan fingerprint density at radius 2 is 1.31 bits per heavy atom. The number of allylic oxidation sites excluding steroid dienone is 11. The summed E-state index contributed by atoms with van der Waals surface area (Å²) >= 11 is 0. The Kier molecular flexibility index (Phi) is 4.85. The Bertz CT molecular complexity index is 415. The van der Waals surface area contributed by atoms with Crippen molar-refractivity contribution in [3.05, 3.63) is 71.2 Å². The van der Waals surface area contributed by atoms with Gasteiger partial charge in [-0.1, -0.05) is 60.1 Å². The van der Waals surface area contributed by atoms with Crippen LogP contribution in [0.2, 0.25) is 0 Å². The Labute approximate surface area is 99.7 Å². The molecule has 0 aromatic rings. The summed E-state index contributed by atoms with van der Waals surface area (Å²) in [6.07, 6.45) is 14.5. The standard InChI is InChI=1S/C15H18B/c1-5-9-12-13(10-6-2)15(11-7-3)16-14(12)8-4/h5-11H,4H2,1-3H3/b9-5-,10-6-,11-7-. The van der Waals surface area contributed by atoms with Crippen molar-refractivity contribution >= 4 is 7.28 Å². The monoisotopic (exact) mass is 209 g/mol. The number of hydrogen-bond acceptors (Lipinski definition) is 0. The largest absolute Gasteiger partial charge is 0.192 e. The van der Waals surface area contributed by atoms with Gasteiger partial charge in [0, 0.05) is 0 Å². The maximum Gasteiger partial charge on any atom is 0.192 e. The predicted molar refractivity (Wildman–Crippen MR) is 74.4 cm³/mol. The maximum atomic E-state index is 3.87. The van der Waals surface area contributed by atoms with Gasteiger partial charge in [0.05, 0.1) is 0 Å². The summed E-state index contributed by atoms with van der Waals surface area (Å²) < 4.78 is 0. The van der Waals surface area contributed by atoms with Gasteiger partial charge in [-0.25, -0.2) is 0 Å². The molecule has 0 spiro atoms. The fraction of sp³-hybridized carbons (Fsp3) is 0.200. The van der Waals surface area contributed by atoms with Crippen molar-refractivity contribution in [2.45, 2.75) is 20.8 Å². The van der Waals surface area contributed by atoms with Crippen molar-refractivity contribution in [1.29, 1.82) is 0 Å². The molecule has 0 aromatic carbocycles. The van der Waals surface area contributed by atoms with Crippen molar-refractivity contribution in [3.8, 4) is 0 Å². The summed E-state index contributed by atoms with van der Waals surface area (Å²) in [4.78, 5) is 0. The highest BCUT2D eigenvalue weighted by molar-refractivity contribution is 6.58. The molecule has 0 aromatic heterocycles. The van der Waals surface area contributed by atoms with Crippen molar-refractivity contribution in [2.75, 3.05) is 0 Å². The zero-order chi connectivity index (χ0) is 12.0. The lowest BCUT2D eigenvalue weighted by Gasteiger charge is -2.02. The van der Waals surface area contributed by atoms with E-state index >= 15 is 0 Å². The Hall–Kier alpha value is -1.50. The normalized spacial score (nSPS) is 17.2. The molecule has 81 valence electrons. The summed E-state index contributed by atoms with van der Waals surface area (Å²) in [6.45, 7) is 9.98. The second kappa shape index (κ2) is 6.17. The highest BCUT2D eigenvalue weighted by Gasteiger charge is 2.18. The van der Waals surface area contributed by atoms with Crippen LogP contribution in [0.1, 0.15) is 20.8 Å². The molecule has 1 rings (SSSR count). The molecule has 1 aliphatic rings. The van der Waals surface area contributed by atoms with Crippen LogP contribution in [0, 0.1) is 0 Å². The van der Waals surface area contributed by atoms with Gasteiger partial charge in [-0.3, -0.25) is 0 Å². The van der Waals surface area contributed by atoms with Gasteiger partial charge in [-0.15, -0.1) is 0 Å². The summed E-state index contributed by atoms with van der Waals surface area (Å²) in [7, 11) is 2.18. The number of rotatable bonds is 4. The van der Waals surface area contributed by atoms with Crippen LogP contribution in [-0.4, -0.2) is 7.28 Å². The smallest absolute Gasteiger partial charge is 0.0996 e. The molecule has 0 saturated heterocycles. The SMILES string of the molecule is C=CC1=C(/C=C\C)C(/C=C\C)=C(/C=C\C)[B]1. The molecule has 0 unspecified atom stereocenters. The van der Waals surface area contributed by atoms with Crippen LogP contribution in [-0.2, 0) is 0 Å². The van der Waals surface area contributed by atoms with E-state index in [1.807, 2.05) is 26.8 Å². The van der Waals surface area contributed by atoms with Gasteiger partial charge in [0.1, 0.15) is 0 Å². The lowest BCUT2D eigenvalue weighted by atomic mass is 9.65. The van der Waals surface area contributed by atoms with Gasteiger partial charge in [0.2, 0.25) is 0 Å². The zero-order valence-corrected chi connectivity index (χ0v) is 10.3. The molecule has 1 radical (unpaired) electrons. The van der Waals surface area contributed by atoms with E-state index in [-0.39, 0.29) is 0 Å². The molecule has 0 saturated carbocycles. The van der Waals surface area contributed by atoms with Crippen molar-refractivity contribution in [1.82, 2.24) is 0 Å². The van der Waals surface area contributed by atoms with E-state index in [4.69, 9.17) is 0 Å². The first kappa shape index (κ1) is 12.6. The molecule has 0 bridgehead atoms. The van der Waals surface area contributed by atoms with Gasteiger partial charge in [0.15, 0.2) is 7.28 Å². The Balaban J connectivity index is 3.27. The van der Waals surface area contributed by atoms with Crippen LogP contribution in [0.15, 0.2) is 71.2 Å². The lowest BCUT2D eigenvalue weighted by Crippen LogP contribution is -1.91. The van der Waals surface area contributed by atoms with Gasteiger partial charge in [-0.2, -0.15) is 0 Å². The average molecular weight is 209 g/mol. The second-order valence-electron chi connectivity index (χ2n) is 3.59. The fourth-order valence-electron chi connectivity index (χ4n) is 1.83. The van der Waals surface area contributed by atoms with Crippen LogP contribution in [0.3, 0.4) is 0 Å². The van der Waals surface area contributed by atoms with E-state index in [1.165, 1.54) is 22.1 Å². The van der Waals surface area contributed by atoms with Crippen LogP contribution < -0.4 is 0 Å². The van der Waals surface area contributed by atoms with Gasteiger partial charge >= 0.3 is 0 Å². The van der Waals surface area contributed by atoms with Crippen LogP contribution in [0.5, 0.6) is 0 Å². The predicted octanol–water partition coefficient (Wildman–Crippen LogP) is 4.13. The minimum atomic E-state index is 1.19. The van der Waals surface area contributed by atoms with Crippen LogP contribution in [0.4, 0.5) is 0 Å². The molecular weight excluding hydrogens is 191 g/mol. The summed E-state index contributed by atoms with van der Waals surface area (Å²) in [5.41, 5.74) is 4.97. The van der Waals surface area contributed by atoms with E-state index in [0.717, 1.165) is 0 Å². The van der Waals surface area contributed by atoms with Gasteiger partial charge in [-0.05, 0) is 31.9 Å². The molecule has 0 nitrogen and oxygen atoms in total. The zero-order valence-electron chi connectivity index (χ0n) is 10.3. The van der Waals surface area contributed by atoms with E-state index in [2.05, 4.69) is 50.3 Å². The second-order valence-corrected chi connectivity index (χ2v) is 3.59. The van der Waals surface area contributed by atoms with E-state index < -0.39 is 0 Å². The van der Waals surface area contributed by atoms with E-state index in [9.17, 15) is 0 Å². The highest BCUT2D eigenvalue weighted by Crippen LogP contribution is 2.30. The molecule has 0 atom stereocenters. The summed E-state index contributed by atoms with van der Waals surface area (Å²) in [5, 5.41) is 0. The number of hydrogen-bond donors (Lipinski definition) is 0. The van der Waals surface area contributed by atoms with E-state index in [0.29, 0.717) is 0 Å². The Morgan fingerprint density at radius 3 is 1.75 bits per heavy atom. The van der Waals surface area contributed by atoms with Crippen LogP contribution >= 0.6 is 0 Å². The third-order valence-electron chi connectivity index (χ3n) is 2.46. The van der Waals surface area contributed by atoms with Crippen LogP contribution in [0.25, 0.3) is 0 Å². The molecule has 1 heteroatoms. The first-order valence-electron chi connectivity index (χ1n) is 5.62. The maximum absolute atomic E-state index is 3.87. The van der Waals surface area contributed by atoms with Gasteiger partial charge < -0.3 is 0 Å². The molecule has 0 fully saturated rings. The fourth-order valence-corrected chi connectivity index (χ4v) is 1.83. The summed E-state index contributed by atoms with van der Waals surface area (Å²) in [5.74, 6) is 0. The first-order chi connectivity index (χ1) is 7.78. The summed E-state index contributed by atoms with van der Waals surface area (Å²) in [6, 6.07) is 0. The average Bonchev–Trinajstić information content (AvgIpc) is 2.60.